The molecule has 2 aromatic rings. The molecule has 4 N–H and O–H groups in total. The Kier molecular flexibility index (Phi) is 13.0. The van der Waals surface area contributed by atoms with E-state index in [0.29, 0.717) is 31.1 Å². The van der Waals surface area contributed by atoms with Crippen LogP contribution in [0.4, 0.5) is 4.39 Å². The zero-order chi connectivity index (χ0) is 29.4. The van der Waals surface area contributed by atoms with Gasteiger partial charge in [0.1, 0.15) is 11.9 Å². The molecule has 1 saturated heterocycles. The fourth-order valence-electron chi connectivity index (χ4n) is 5.03. The van der Waals surface area contributed by atoms with Crippen LogP contribution >= 0.6 is 24.0 Å². The van der Waals surface area contributed by atoms with Crippen molar-refractivity contribution in [1.82, 2.24) is 20.4 Å². The number of halogens is 3. The number of nitrogens with two attached hydrogens (primary N) is 1. The topological polar surface area (TPSA) is 108 Å². The molecule has 0 saturated carbocycles. The molecule has 0 aromatic heterocycles. The highest BCUT2D eigenvalue weighted by molar-refractivity contribution is 6.30. The van der Waals surface area contributed by atoms with E-state index in [-0.39, 0.29) is 42.5 Å². The van der Waals surface area contributed by atoms with Gasteiger partial charge >= 0.3 is 0 Å². The number of amides is 3. The first-order valence-electron chi connectivity index (χ1n) is 13.8. The maximum atomic E-state index is 14.0. The minimum Gasteiger partial charge on any atom is -0.358 e. The van der Waals surface area contributed by atoms with Gasteiger partial charge in [-0.25, -0.2) is 4.39 Å². The maximum absolute atomic E-state index is 14.0. The van der Waals surface area contributed by atoms with E-state index in [1.165, 1.54) is 12.1 Å². The van der Waals surface area contributed by atoms with Gasteiger partial charge in [-0.2, -0.15) is 0 Å². The van der Waals surface area contributed by atoms with Crippen LogP contribution in [0.3, 0.4) is 0 Å². The van der Waals surface area contributed by atoms with Crippen LogP contribution in [0, 0.1) is 5.82 Å². The van der Waals surface area contributed by atoms with E-state index >= 15 is 0 Å². The van der Waals surface area contributed by atoms with Crippen molar-refractivity contribution in [3.63, 3.8) is 0 Å². The number of hydrogen-bond donors (Lipinski definition) is 3. The lowest BCUT2D eigenvalue weighted by Crippen LogP contribution is -2.64. The Hall–Kier alpha value is -2.72. The van der Waals surface area contributed by atoms with Gasteiger partial charge in [0.2, 0.25) is 17.7 Å². The average molecular weight is 611 g/mol. The number of nitrogens with one attached hydrogen (secondary N) is 2. The Labute approximate surface area is 253 Å². The second kappa shape index (κ2) is 15.5. The van der Waals surface area contributed by atoms with E-state index in [0.717, 1.165) is 24.0 Å². The van der Waals surface area contributed by atoms with E-state index in [9.17, 15) is 18.8 Å². The van der Waals surface area contributed by atoms with Crippen LogP contribution in [0.1, 0.15) is 44.7 Å². The van der Waals surface area contributed by atoms with Gasteiger partial charge in [-0.15, -0.1) is 12.4 Å². The van der Waals surface area contributed by atoms with Gasteiger partial charge < -0.3 is 21.3 Å². The van der Waals surface area contributed by atoms with Gasteiger partial charge in [0, 0.05) is 44.2 Å². The Morgan fingerprint density at radius 1 is 1.05 bits per heavy atom. The van der Waals surface area contributed by atoms with Crippen molar-refractivity contribution < 1.29 is 18.8 Å². The molecule has 2 aromatic carbocycles. The van der Waals surface area contributed by atoms with Crippen LogP contribution in [0.5, 0.6) is 0 Å². The Balaban J connectivity index is 0.00000588. The highest BCUT2D eigenvalue weighted by atomic mass is 35.5. The van der Waals surface area contributed by atoms with E-state index in [2.05, 4.69) is 22.5 Å². The molecule has 226 valence electrons. The molecule has 1 fully saturated rings. The van der Waals surface area contributed by atoms with E-state index in [1.807, 2.05) is 29.2 Å². The predicted octanol–water partition coefficient (Wildman–Crippen LogP) is 3.34. The zero-order valence-electron chi connectivity index (χ0n) is 24.2. The fraction of sp³-hybridized carbons (Fsp3) is 0.500. The molecule has 41 heavy (non-hydrogen) atoms. The molecular formula is C30H42Cl2FN5O3. The lowest BCUT2D eigenvalue weighted by Gasteiger charge is -2.45. The predicted molar refractivity (Wildman–Crippen MR) is 163 cm³/mol. The third-order valence-corrected chi connectivity index (χ3v) is 7.54. The van der Waals surface area contributed by atoms with Crippen molar-refractivity contribution in [2.24, 2.45) is 5.73 Å². The maximum Gasteiger partial charge on any atom is 0.245 e. The van der Waals surface area contributed by atoms with E-state index in [1.54, 1.807) is 33.0 Å². The zero-order valence-corrected chi connectivity index (χ0v) is 25.7. The molecule has 3 unspecified atom stereocenters. The number of rotatable bonds is 11. The quantitative estimate of drug-likeness (QED) is 0.362. The van der Waals surface area contributed by atoms with Gasteiger partial charge in [-0.3, -0.25) is 19.3 Å². The van der Waals surface area contributed by atoms with Gasteiger partial charge in [-0.05, 0) is 62.1 Å². The summed E-state index contributed by atoms with van der Waals surface area (Å²) >= 11 is 6.05. The first-order valence-corrected chi connectivity index (χ1v) is 14.2. The largest absolute Gasteiger partial charge is 0.358 e. The summed E-state index contributed by atoms with van der Waals surface area (Å²) in [4.78, 5) is 43.7. The third-order valence-electron chi connectivity index (χ3n) is 7.29. The molecule has 3 atom stereocenters. The minimum atomic E-state index is -1.18. The summed E-state index contributed by atoms with van der Waals surface area (Å²) in [5.41, 5.74) is 6.57. The van der Waals surface area contributed by atoms with Gasteiger partial charge in [0.15, 0.2) is 0 Å². The Bertz CT molecular complexity index is 1160. The highest BCUT2D eigenvalue weighted by Gasteiger charge is 2.38. The second-order valence-electron chi connectivity index (χ2n) is 11.0. The summed E-state index contributed by atoms with van der Waals surface area (Å²) in [7, 11) is 1.63. The van der Waals surface area contributed by atoms with Gasteiger partial charge in [0.05, 0.1) is 11.6 Å². The minimum absolute atomic E-state index is 0. The lowest BCUT2D eigenvalue weighted by molar-refractivity contribution is -0.143. The average Bonchev–Trinajstić information content (AvgIpc) is 2.92. The number of piperazine rings is 1. The first kappa shape index (κ1) is 34.5. The van der Waals surface area contributed by atoms with Crippen LogP contribution in [-0.4, -0.2) is 77.9 Å². The Morgan fingerprint density at radius 3 is 2.20 bits per heavy atom. The molecule has 3 amide bonds. The third kappa shape index (κ3) is 9.67. The molecule has 0 spiro atoms. The summed E-state index contributed by atoms with van der Waals surface area (Å²) < 4.78 is 13.5. The monoisotopic (exact) mass is 609 g/mol. The Morgan fingerprint density at radius 2 is 1.63 bits per heavy atom. The molecule has 0 radical (unpaired) electrons. The number of likely N-dealkylation sites (N-methyl/N-ethyl adjacent to an activating group) is 1. The molecular weight excluding hydrogens is 568 g/mol. The van der Waals surface area contributed by atoms with E-state index < -0.39 is 23.5 Å². The highest BCUT2D eigenvalue weighted by Crippen LogP contribution is 2.22. The van der Waals surface area contributed by atoms with Gasteiger partial charge in [0.25, 0.3) is 0 Å². The van der Waals surface area contributed by atoms with Crippen molar-refractivity contribution in [2.75, 3.05) is 26.7 Å². The first-order chi connectivity index (χ1) is 18.9. The smallest absolute Gasteiger partial charge is 0.245 e. The number of carbonyl (C=O) groups is 3. The van der Waals surface area contributed by atoms with Crippen molar-refractivity contribution >= 4 is 41.7 Å². The normalized spacial score (nSPS) is 17.2. The molecule has 0 bridgehead atoms. The standard InChI is InChI=1S/C30H41ClFN5O3.ClH/c1-5-6-24-19-36(26(27(38)34-4)18-21-7-11-22(31)12-8-21)15-16-37(24)28(39)25(35-29(40)30(2,3)33)17-20-9-13-23(32)14-10-20;/h7-14,24-26H,5-6,15-19,33H2,1-4H3,(H,34,38)(H,35,40);1H. The number of carbonyl (C=O) groups excluding carboxylic acids is 3. The van der Waals surface area contributed by atoms with Crippen LogP contribution in [0.15, 0.2) is 48.5 Å². The van der Waals surface area contributed by atoms with Gasteiger partial charge in [-0.1, -0.05) is 49.2 Å². The van der Waals surface area contributed by atoms with Crippen LogP contribution in [0.25, 0.3) is 0 Å². The van der Waals surface area contributed by atoms with Crippen molar-refractivity contribution in [3.05, 3.63) is 70.5 Å². The second-order valence-corrected chi connectivity index (χ2v) is 11.4. The van der Waals surface area contributed by atoms with Crippen molar-refractivity contribution in [1.29, 1.82) is 0 Å². The summed E-state index contributed by atoms with van der Waals surface area (Å²) in [6.45, 7) is 6.64. The summed E-state index contributed by atoms with van der Waals surface area (Å²) in [6.07, 6.45) is 2.30. The van der Waals surface area contributed by atoms with Crippen LogP contribution < -0.4 is 16.4 Å². The number of hydrogen-bond acceptors (Lipinski definition) is 5. The fourth-order valence-corrected chi connectivity index (χ4v) is 5.16. The molecule has 1 heterocycles. The summed E-state index contributed by atoms with van der Waals surface area (Å²) in [5, 5.41) is 6.26. The molecule has 8 nitrogen and oxygen atoms in total. The van der Waals surface area contributed by atoms with Crippen LogP contribution in [-0.2, 0) is 27.2 Å². The molecule has 11 heteroatoms. The molecule has 0 aliphatic carbocycles. The number of nitrogens with zero attached hydrogens (tertiary/aromatic N) is 2. The molecule has 1 aliphatic heterocycles. The summed E-state index contributed by atoms with van der Waals surface area (Å²) in [5.74, 6) is -1.12. The van der Waals surface area contributed by atoms with E-state index in [4.69, 9.17) is 17.3 Å². The molecule has 1 aliphatic rings. The number of benzene rings is 2. The summed E-state index contributed by atoms with van der Waals surface area (Å²) in [6, 6.07) is 11.9. The van der Waals surface area contributed by atoms with Crippen molar-refractivity contribution in [2.45, 2.75) is 70.1 Å². The molecule has 3 rings (SSSR count). The lowest BCUT2D eigenvalue weighted by atomic mass is 9.97. The SMILES string of the molecule is CCCC1CN(C(Cc2ccc(Cl)cc2)C(=O)NC)CCN1C(=O)C(Cc1ccc(F)cc1)NC(=O)C(C)(C)N.Cl. The van der Waals surface area contributed by atoms with Crippen molar-refractivity contribution in [3.8, 4) is 0 Å². The van der Waals surface area contributed by atoms with Crippen LogP contribution in [0.2, 0.25) is 5.02 Å².